The molecule has 0 heterocycles. The van der Waals surface area contributed by atoms with Crippen LogP contribution in [0.3, 0.4) is 0 Å². The van der Waals surface area contributed by atoms with Crippen molar-refractivity contribution in [2.75, 3.05) is 13.2 Å². The molecule has 0 saturated heterocycles. The van der Waals surface area contributed by atoms with Crippen molar-refractivity contribution in [3.05, 3.63) is 29.8 Å². The van der Waals surface area contributed by atoms with Gasteiger partial charge in [-0.25, -0.2) is 0 Å². The molecular weight excluding hydrogens is 252 g/mol. The number of aryl methyl sites for hydroxylation is 1. The average molecular weight is 278 g/mol. The van der Waals surface area contributed by atoms with Crippen molar-refractivity contribution in [1.82, 2.24) is 0 Å². The van der Waals surface area contributed by atoms with Crippen LogP contribution >= 0.6 is 0 Å². The monoisotopic (exact) mass is 278 g/mol. The summed E-state index contributed by atoms with van der Waals surface area (Å²) in [6.07, 6.45) is 5.67. The van der Waals surface area contributed by atoms with Crippen LogP contribution in [0, 0.1) is 0 Å². The molecule has 3 nitrogen and oxygen atoms in total. The van der Waals surface area contributed by atoms with Gasteiger partial charge in [-0.05, 0) is 43.9 Å². The summed E-state index contributed by atoms with van der Waals surface area (Å²) in [5, 5.41) is 0. The first-order valence-corrected chi connectivity index (χ1v) is 7.63. The molecule has 0 aliphatic heterocycles. The predicted molar refractivity (Wildman–Crippen MR) is 81.0 cm³/mol. The quantitative estimate of drug-likeness (QED) is 0.476. The third kappa shape index (κ3) is 7.17. The molecule has 0 radical (unpaired) electrons. The SMILES string of the molecule is CCOC(=O)CCCCCCOc1ccc(CC)cc1. The summed E-state index contributed by atoms with van der Waals surface area (Å²) in [5.41, 5.74) is 1.33. The zero-order chi connectivity index (χ0) is 14.6. The normalized spacial score (nSPS) is 10.3. The predicted octanol–water partition coefficient (Wildman–Crippen LogP) is 4.14. The van der Waals surface area contributed by atoms with E-state index in [9.17, 15) is 4.79 Å². The van der Waals surface area contributed by atoms with Crippen LogP contribution in [-0.4, -0.2) is 19.2 Å². The summed E-state index contributed by atoms with van der Waals surface area (Å²) < 4.78 is 10.6. The Bertz CT molecular complexity index is 370. The summed E-state index contributed by atoms with van der Waals surface area (Å²) in [6, 6.07) is 8.27. The molecule has 3 heteroatoms. The second kappa shape index (κ2) is 10.3. The van der Waals surface area contributed by atoms with Gasteiger partial charge in [-0.1, -0.05) is 31.9 Å². The molecule has 112 valence electrons. The summed E-state index contributed by atoms with van der Waals surface area (Å²) in [7, 11) is 0. The number of unbranched alkanes of at least 4 members (excludes halogenated alkanes) is 3. The molecule has 0 atom stereocenters. The lowest BCUT2D eigenvalue weighted by molar-refractivity contribution is -0.143. The Labute approximate surface area is 122 Å². The molecule has 0 aliphatic rings. The van der Waals surface area contributed by atoms with Crippen molar-refractivity contribution in [2.45, 2.75) is 52.4 Å². The van der Waals surface area contributed by atoms with Crippen molar-refractivity contribution in [3.8, 4) is 5.75 Å². The third-order valence-electron chi connectivity index (χ3n) is 3.18. The lowest BCUT2D eigenvalue weighted by atomic mass is 10.1. The summed E-state index contributed by atoms with van der Waals surface area (Å²) >= 11 is 0. The molecule has 1 aromatic rings. The van der Waals surface area contributed by atoms with Crippen LogP contribution < -0.4 is 4.74 Å². The van der Waals surface area contributed by atoms with Crippen LogP contribution in [0.15, 0.2) is 24.3 Å². The topological polar surface area (TPSA) is 35.5 Å². The van der Waals surface area contributed by atoms with Crippen LogP contribution in [0.5, 0.6) is 5.75 Å². The molecule has 1 aromatic carbocycles. The van der Waals surface area contributed by atoms with E-state index in [1.807, 2.05) is 19.1 Å². The Hall–Kier alpha value is -1.51. The van der Waals surface area contributed by atoms with Gasteiger partial charge in [-0.2, -0.15) is 0 Å². The molecule has 0 spiro atoms. The molecule has 20 heavy (non-hydrogen) atoms. The minimum absolute atomic E-state index is 0.0836. The molecule has 1 rings (SSSR count). The molecule has 0 aromatic heterocycles. The van der Waals surface area contributed by atoms with Gasteiger partial charge in [0.2, 0.25) is 0 Å². The molecule has 0 bridgehead atoms. The van der Waals surface area contributed by atoms with E-state index in [0.29, 0.717) is 13.0 Å². The zero-order valence-electron chi connectivity index (χ0n) is 12.7. The summed E-state index contributed by atoms with van der Waals surface area (Å²) in [5.74, 6) is 0.855. The van der Waals surface area contributed by atoms with E-state index in [1.165, 1.54) is 5.56 Å². The van der Waals surface area contributed by atoms with Crippen LogP contribution in [0.1, 0.15) is 51.5 Å². The van der Waals surface area contributed by atoms with Gasteiger partial charge in [-0.3, -0.25) is 4.79 Å². The van der Waals surface area contributed by atoms with Crippen LogP contribution in [0.4, 0.5) is 0 Å². The average Bonchev–Trinajstić information content (AvgIpc) is 2.47. The third-order valence-corrected chi connectivity index (χ3v) is 3.18. The highest BCUT2D eigenvalue weighted by atomic mass is 16.5. The lowest BCUT2D eigenvalue weighted by Crippen LogP contribution is -2.03. The number of carbonyl (C=O) groups is 1. The van der Waals surface area contributed by atoms with Crippen LogP contribution in [0.2, 0.25) is 0 Å². The maximum atomic E-state index is 11.1. The number of rotatable bonds is 10. The number of esters is 1. The van der Waals surface area contributed by atoms with E-state index in [0.717, 1.165) is 44.5 Å². The Morgan fingerprint density at radius 1 is 1.00 bits per heavy atom. The maximum absolute atomic E-state index is 11.1. The smallest absolute Gasteiger partial charge is 0.305 e. The van der Waals surface area contributed by atoms with E-state index in [4.69, 9.17) is 9.47 Å². The number of benzene rings is 1. The van der Waals surface area contributed by atoms with E-state index in [2.05, 4.69) is 19.1 Å². The Morgan fingerprint density at radius 3 is 2.35 bits per heavy atom. The van der Waals surface area contributed by atoms with E-state index in [1.54, 1.807) is 0 Å². The summed E-state index contributed by atoms with van der Waals surface area (Å²) in [4.78, 5) is 11.1. The van der Waals surface area contributed by atoms with Gasteiger partial charge in [0.1, 0.15) is 5.75 Å². The van der Waals surface area contributed by atoms with Crippen molar-refractivity contribution < 1.29 is 14.3 Å². The standard InChI is InChI=1S/C17H26O3/c1-3-15-10-12-16(13-11-15)20-14-8-6-5-7-9-17(18)19-4-2/h10-13H,3-9,14H2,1-2H3. The number of hydrogen-bond acceptors (Lipinski definition) is 3. The molecule has 0 amide bonds. The van der Waals surface area contributed by atoms with Crippen molar-refractivity contribution in [1.29, 1.82) is 0 Å². The fourth-order valence-corrected chi connectivity index (χ4v) is 1.97. The van der Waals surface area contributed by atoms with Gasteiger partial charge in [0.15, 0.2) is 0 Å². The molecule has 0 saturated carbocycles. The van der Waals surface area contributed by atoms with Crippen LogP contribution in [0.25, 0.3) is 0 Å². The summed E-state index contributed by atoms with van der Waals surface area (Å²) in [6.45, 7) is 5.20. The maximum Gasteiger partial charge on any atom is 0.305 e. The van der Waals surface area contributed by atoms with Gasteiger partial charge in [0.05, 0.1) is 13.2 Å². The second-order valence-electron chi connectivity index (χ2n) is 4.82. The highest BCUT2D eigenvalue weighted by molar-refractivity contribution is 5.69. The van der Waals surface area contributed by atoms with E-state index >= 15 is 0 Å². The van der Waals surface area contributed by atoms with Gasteiger partial charge in [-0.15, -0.1) is 0 Å². The van der Waals surface area contributed by atoms with Gasteiger partial charge < -0.3 is 9.47 Å². The first-order chi connectivity index (χ1) is 9.76. The molecule has 0 N–H and O–H groups in total. The largest absolute Gasteiger partial charge is 0.494 e. The minimum Gasteiger partial charge on any atom is -0.494 e. The Kier molecular flexibility index (Phi) is 8.52. The van der Waals surface area contributed by atoms with Gasteiger partial charge in [0, 0.05) is 6.42 Å². The molecule has 0 aliphatic carbocycles. The minimum atomic E-state index is -0.0836. The Balaban J connectivity index is 2.00. The molecule has 0 unspecified atom stereocenters. The van der Waals surface area contributed by atoms with Gasteiger partial charge >= 0.3 is 5.97 Å². The first-order valence-electron chi connectivity index (χ1n) is 7.63. The zero-order valence-corrected chi connectivity index (χ0v) is 12.7. The van der Waals surface area contributed by atoms with E-state index in [-0.39, 0.29) is 5.97 Å². The number of hydrogen-bond donors (Lipinski definition) is 0. The van der Waals surface area contributed by atoms with Crippen molar-refractivity contribution in [3.63, 3.8) is 0 Å². The van der Waals surface area contributed by atoms with E-state index < -0.39 is 0 Å². The first kappa shape index (κ1) is 16.5. The second-order valence-corrected chi connectivity index (χ2v) is 4.82. The fraction of sp³-hybridized carbons (Fsp3) is 0.588. The number of ether oxygens (including phenoxy) is 2. The lowest BCUT2D eigenvalue weighted by Gasteiger charge is -2.06. The highest BCUT2D eigenvalue weighted by Crippen LogP contribution is 2.13. The fourth-order valence-electron chi connectivity index (χ4n) is 1.97. The molecule has 0 fully saturated rings. The number of carbonyl (C=O) groups excluding carboxylic acids is 1. The Morgan fingerprint density at radius 2 is 1.70 bits per heavy atom. The molecular formula is C17H26O3. The van der Waals surface area contributed by atoms with Crippen molar-refractivity contribution in [2.24, 2.45) is 0 Å². The van der Waals surface area contributed by atoms with Crippen molar-refractivity contribution >= 4 is 5.97 Å². The van der Waals surface area contributed by atoms with Gasteiger partial charge in [0.25, 0.3) is 0 Å². The highest BCUT2D eigenvalue weighted by Gasteiger charge is 2.00. The van der Waals surface area contributed by atoms with Crippen LogP contribution in [-0.2, 0) is 16.0 Å².